The minimum atomic E-state index is -0.705. The molecule has 1 heterocycles. The highest BCUT2D eigenvalue weighted by Crippen LogP contribution is 2.29. The summed E-state index contributed by atoms with van der Waals surface area (Å²) in [5.41, 5.74) is -0.301. The molecule has 1 aromatic heterocycles. The summed E-state index contributed by atoms with van der Waals surface area (Å²) >= 11 is 0. The lowest BCUT2D eigenvalue weighted by Crippen LogP contribution is -2.34. The molecular formula is C12H18FN3O. The van der Waals surface area contributed by atoms with Crippen LogP contribution >= 0.6 is 0 Å². The van der Waals surface area contributed by atoms with Crippen molar-refractivity contribution in [3.8, 4) is 0 Å². The Morgan fingerprint density at radius 3 is 2.76 bits per heavy atom. The number of halogens is 1. The summed E-state index contributed by atoms with van der Waals surface area (Å²) in [5, 5.41) is 13.0. The minimum absolute atomic E-state index is 0.192. The molecule has 4 nitrogen and oxygen atoms in total. The zero-order valence-corrected chi connectivity index (χ0v) is 10.0. The van der Waals surface area contributed by atoms with Crippen molar-refractivity contribution in [2.45, 2.75) is 44.6 Å². The Balaban J connectivity index is 2.03. The van der Waals surface area contributed by atoms with Gasteiger partial charge in [0.05, 0.1) is 11.3 Å². The standard InChI is InChI=1S/C12H18FN3O/c1-2-9-10(13)11(16-8-15-9)14-7-12(17)5-3-4-6-12/h8,17H,2-7H2,1H3,(H,14,15,16). The highest BCUT2D eigenvalue weighted by atomic mass is 19.1. The number of nitrogens with zero attached hydrogens (tertiary/aromatic N) is 2. The number of nitrogens with one attached hydrogen (secondary N) is 1. The van der Waals surface area contributed by atoms with Crippen LogP contribution in [-0.2, 0) is 6.42 Å². The summed E-state index contributed by atoms with van der Waals surface area (Å²) < 4.78 is 13.8. The van der Waals surface area contributed by atoms with Crippen molar-refractivity contribution in [2.24, 2.45) is 0 Å². The van der Waals surface area contributed by atoms with E-state index < -0.39 is 11.4 Å². The molecule has 0 spiro atoms. The van der Waals surface area contributed by atoms with Gasteiger partial charge in [-0.15, -0.1) is 0 Å². The fourth-order valence-corrected chi connectivity index (χ4v) is 2.23. The van der Waals surface area contributed by atoms with Gasteiger partial charge in [0.1, 0.15) is 6.33 Å². The third kappa shape index (κ3) is 2.72. The first kappa shape index (κ1) is 12.2. The zero-order chi connectivity index (χ0) is 12.3. The van der Waals surface area contributed by atoms with Gasteiger partial charge < -0.3 is 10.4 Å². The Morgan fingerprint density at radius 1 is 1.41 bits per heavy atom. The van der Waals surface area contributed by atoms with E-state index in [4.69, 9.17) is 0 Å². The Morgan fingerprint density at radius 2 is 2.12 bits per heavy atom. The monoisotopic (exact) mass is 239 g/mol. The summed E-state index contributed by atoms with van der Waals surface area (Å²) in [7, 11) is 0. The summed E-state index contributed by atoms with van der Waals surface area (Å²) in [4.78, 5) is 7.74. The van der Waals surface area contributed by atoms with Crippen LogP contribution in [-0.4, -0.2) is 27.2 Å². The van der Waals surface area contributed by atoms with Crippen LogP contribution < -0.4 is 5.32 Å². The van der Waals surface area contributed by atoms with Gasteiger partial charge in [-0.05, 0) is 19.3 Å². The van der Waals surface area contributed by atoms with Crippen LogP contribution in [0, 0.1) is 5.82 Å². The molecule has 2 N–H and O–H groups in total. The van der Waals surface area contributed by atoms with Crippen LogP contribution in [0.4, 0.5) is 10.2 Å². The molecule has 1 fully saturated rings. The molecule has 1 saturated carbocycles. The van der Waals surface area contributed by atoms with Gasteiger partial charge in [-0.25, -0.2) is 14.4 Å². The van der Waals surface area contributed by atoms with E-state index in [-0.39, 0.29) is 5.82 Å². The minimum Gasteiger partial charge on any atom is -0.388 e. The fraction of sp³-hybridized carbons (Fsp3) is 0.667. The topological polar surface area (TPSA) is 58.0 Å². The average molecular weight is 239 g/mol. The van der Waals surface area contributed by atoms with Gasteiger partial charge in [-0.1, -0.05) is 19.8 Å². The summed E-state index contributed by atoms with van der Waals surface area (Å²) in [5.74, 6) is -0.214. The maximum atomic E-state index is 13.8. The molecular weight excluding hydrogens is 221 g/mol. The number of aryl methyl sites for hydroxylation is 1. The molecule has 1 aliphatic rings. The van der Waals surface area contributed by atoms with Gasteiger partial charge in [-0.3, -0.25) is 0 Å². The van der Waals surface area contributed by atoms with Crippen LogP contribution in [0.15, 0.2) is 6.33 Å². The van der Waals surface area contributed by atoms with Crippen molar-refractivity contribution < 1.29 is 9.50 Å². The lowest BCUT2D eigenvalue weighted by molar-refractivity contribution is 0.0613. The lowest BCUT2D eigenvalue weighted by atomic mass is 10.0. The van der Waals surface area contributed by atoms with Crippen LogP contribution in [0.2, 0.25) is 0 Å². The molecule has 0 radical (unpaired) electrons. The second-order valence-electron chi connectivity index (χ2n) is 4.62. The van der Waals surface area contributed by atoms with E-state index >= 15 is 0 Å². The van der Waals surface area contributed by atoms with Gasteiger partial charge in [0.15, 0.2) is 11.6 Å². The van der Waals surface area contributed by atoms with Gasteiger partial charge >= 0.3 is 0 Å². The third-order valence-corrected chi connectivity index (χ3v) is 3.32. The molecule has 94 valence electrons. The van der Waals surface area contributed by atoms with Gasteiger partial charge in [0, 0.05) is 6.54 Å². The molecule has 5 heteroatoms. The quantitative estimate of drug-likeness (QED) is 0.842. The van der Waals surface area contributed by atoms with E-state index in [2.05, 4.69) is 15.3 Å². The summed E-state index contributed by atoms with van der Waals surface area (Å²) in [6.07, 6.45) is 5.49. The molecule has 0 bridgehead atoms. The van der Waals surface area contributed by atoms with E-state index in [1.54, 1.807) is 0 Å². The Hall–Kier alpha value is -1.23. The molecule has 0 saturated heterocycles. The highest BCUT2D eigenvalue weighted by Gasteiger charge is 2.31. The Labute approximate surface area is 100 Å². The van der Waals surface area contributed by atoms with Crippen molar-refractivity contribution in [1.29, 1.82) is 0 Å². The maximum absolute atomic E-state index is 13.8. The SMILES string of the molecule is CCc1ncnc(NCC2(O)CCCC2)c1F. The van der Waals surface area contributed by atoms with Crippen LogP contribution in [0.5, 0.6) is 0 Å². The number of anilines is 1. The number of hydrogen-bond acceptors (Lipinski definition) is 4. The summed E-state index contributed by atoms with van der Waals surface area (Å²) in [6, 6.07) is 0. The highest BCUT2D eigenvalue weighted by molar-refractivity contribution is 5.37. The largest absolute Gasteiger partial charge is 0.388 e. The first-order chi connectivity index (χ1) is 8.14. The zero-order valence-electron chi connectivity index (χ0n) is 10.0. The molecule has 1 aliphatic carbocycles. The smallest absolute Gasteiger partial charge is 0.186 e. The third-order valence-electron chi connectivity index (χ3n) is 3.32. The van der Waals surface area contributed by atoms with Crippen molar-refractivity contribution in [1.82, 2.24) is 9.97 Å². The molecule has 17 heavy (non-hydrogen) atoms. The molecule has 1 aromatic rings. The Bertz CT molecular complexity index is 391. The number of aromatic nitrogens is 2. The normalized spacial score (nSPS) is 18.3. The molecule has 0 unspecified atom stereocenters. The van der Waals surface area contributed by atoms with Crippen molar-refractivity contribution in [3.63, 3.8) is 0 Å². The van der Waals surface area contributed by atoms with Gasteiger partial charge in [-0.2, -0.15) is 0 Å². The predicted octanol–water partition coefficient (Wildman–Crippen LogP) is 1.90. The van der Waals surface area contributed by atoms with Crippen LogP contribution in [0.3, 0.4) is 0 Å². The van der Waals surface area contributed by atoms with Gasteiger partial charge in [0.2, 0.25) is 0 Å². The molecule has 2 rings (SSSR count). The number of rotatable bonds is 4. The fourth-order valence-electron chi connectivity index (χ4n) is 2.23. The molecule has 0 amide bonds. The van der Waals surface area contributed by atoms with E-state index in [1.165, 1.54) is 6.33 Å². The van der Waals surface area contributed by atoms with Crippen LogP contribution in [0.1, 0.15) is 38.3 Å². The van der Waals surface area contributed by atoms with E-state index in [9.17, 15) is 9.50 Å². The number of hydrogen-bond donors (Lipinski definition) is 2. The number of aliphatic hydroxyl groups is 1. The average Bonchev–Trinajstić information content (AvgIpc) is 2.75. The first-order valence-corrected chi connectivity index (χ1v) is 6.10. The van der Waals surface area contributed by atoms with Crippen molar-refractivity contribution in [3.05, 3.63) is 17.8 Å². The second-order valence-corrected chi connectivity index (χ2v) is 4.62. The van der Waals surface area contributed by atoms with Crippen LogP contribution in [0.25, 0.3) is 0 Å². The molecule has 0 aliphatic heterocycles. The van der Waals surface area contributed by atoms with Crippen molar-refractivity contribution in [2.75, 3.05) is 11.9 Å². The lowest BCUT2D eigenvalue weighted by Gasteiger charge is -2.22. The molecule has 0 aromatic carbocycles. The van der Waals surface area contributed by atoms with E-state index in [1.807, 2.05) is 6.92 Å². The summed E-state index contributed by atoms with van der Waals surface area (Å²) in [6.45, 7) is 2.20. The first-order valence-electron chi connectivity index (χ1n) is 6.10. The Kier molecular flexibility index (Phi) is 3.57. The van der Waals surface area contributed by atoms with E-state index in [0.29, 0.717) is 18.7 Å². The maximum Gasteiger partial charge on any atom is 0.186 e. The predicted molar refractivity (Wildman–Crippen MR) is 63.3 cm³/mol. The van der Waals surface area contributed by atoms with E-state index in [0.717, 1.165) is 25.7 Å². The van der Waals surface area contributed by atoms with Gasteiger partial charge in [0.25, 0.3) is 0 Å². The second kappa shape index (κ2) is 4.96. The molecule has 0 atom stereocenters. The van der Waals surface area contributed by atoms with Crippen molar-refractivity contribution >= 4 is 5.82 Å².